The van der Waals surface area contributed by atoms with Gasteiger partial charge in [0.05, 0.1) is 10.8 Å². The molecule has 0 saturated heterocycles. The van der Waals surface area contributed by atoms with E-state index in [1.165, 1.54) is 59.0 Å². The van der Waals surface area contributed by atoms with Crippen LogP contribution in [0, 0.1) is 17.1 Å². The second kappa shape index (κ2) is 16.4. The zero-order chi connectivity index (χ0) is 35.7. The van der Waals surface area contributed by atoms with Crippen molar-refractivity contribution in [3.8, 4) is 6.07 Å². The van der Waals surface area contributed by atoms with E-state index < -0.39 is 22.9 Å². The molecule has 1 unspecified atom stereocenters. The molecule has 1 aromatic heterocycles. The predicted octanol–water partition coefficient (Wildman–Crippen LogP) is 7.85. The highest BCUT2D eigenvalue weighted by atomic mass is 32.2. The number of nitrogens with one attached hydrogen (secondary N) is 3. The zero-order valence-electron chi connectivity index (χ0n) is 27.7. The van der Waals surface area contributed by atoms with E-state index in [1.807, 2.05) is 24.3 Å². The minimum Gasteiger partial charge on any atom is -0.321 e. The van der Waals surface area contributed by atoms with E-state index in [9.17, 15) is 24.0 Å². The Morgan fingerprint density at radius 3 is 2.41 bits per heavy atom. The topological polar surface area (TPSA) is 114 Å². The molecule has 4 aromatic carbocycles. The van der Waals surface area contributed by atoms with E-state index in [2.05, 4.69) is 39.1 Å². The largest absolute Gasteiger partial charge is 0.321 e. The molecular formula is C40H34FN5O3S2. The first kappa shape index (κ1) is 35.3. The number of thiophene rings is 1. The number of hydrogen-bond donors (Lipinski definition) is 3. The predicted molar refractivity (Wildman–Crippen MR) is 201 cm³/mol. The van der Waals surface area contributed by atoms with Gasteiger partial charge in [-0.3, -0.25) is 19.3 Å². The summed E-state index contributed by atoms with van der Waals surface area (Å²) in [5.74, 6) is -1.71. The third kappa shape index (κ3) is 9.18. The molecule has 1 atom stereocenters. The number of halogens is 1. The molecule has 0 fully saturated rings. The van der Waals surface area contributed by atoms with Gasteiger partial charge < -0.3 is 16.0 Å². The number of rotatable bonds is 11. The lowest BCUT2D eigenvalue weighted by Crippen LogP contribution is -2.30. The number of carbonyl (C=O) groups excluding carboxylic acids is 3. The van der Waals surface area contributed by atoms with Gasteiger partial charge in [-0.05, 0) is 78.6 Å². The van der Waals surface area contributed by atoms with E-state index in [-0.39, 0.29) is 11.6 Å². The van der Waals surface area contributed by atoms with Crippen LogP contribution in [0.15, 0.2) is 120 Å². The third-order valence-corrected chi connectivity index (χ3v) is 10.4. The highest BCUT2D eigenvalue weighted by Gasteiger charge is 2.26. The van der Waals surface area contributed by atoms with Crippen molar-refractivity contribution in [2.75, 3.05) is 17.2 Å². The van der Waals surface area contributed by atoms with Crippen LogP contribution in [-0.2, 0) is 29.1 Å². The number of amides is 3. The summed E-state index contributed by atoms with van der Waals surface area (Å²) in [4.78, 5) is 44.0. The Labute approximate surface area is 304 Å². The summed E-state index contributed by atoms with van der Waals surface area (Å²) < 4.78 is 13.5. The molecule has 0 spiro atoms. The maximum absolute atomic E-state index is 13.5. The highest BCUT2D eigenvalue weighted by molar-refractivity contribution is 8.00. The molecule has 51 heavy (non-hydrogen) atoms. The summed E-state index contributed by atoms with van der Waals surface area (Å²) >= 11 is 2.77. The molecule has 3 N–H and O–H groups in total. The van der Waals surface area contributed by atoms with Gasteiger partial charge in [0.15, 0.2) is 0 Å². The number of nitriles is 1. The summed E-state index contributed by atoms with van der Waals surface area (Å²) in [5.41, 5.74) is 4.10. The number of benzene rings is 4. The van der Waals surface area contributed by atoms with Crippen molar-refractivity contribution >= 4 is 57.6 Å². The van der Waals surface area contributed by atoms with Crippen LogP contribution in [0.2, 0.25) is 0 Å². The zero-order valence-corrected chi connectivity index (χ0v) is 29.3. The fourth-order valence-corrected chi connectivity index (χ4v) is 7.79. The van der Waals surface area contributed by atoms with Gasteiger partial charge in [-0.2, -0.15) is 5.26 Å². The Kier molecular flexibility index (Phi) is 11.4. The molecule has 8 nitrogen and oxygen atoms in total. The molecule has 0 aliphatic carbocycles. The molecule has 11 heteroatoms. The lowest BCUT2D eigenvalue weighted by Gasteiger charge is -2.26. The minimum atomic E-state index is -0.579. The number of hydrogen-bond acceptors (Lipinski definition) is 7. The van der Waals surface area contributed by atoms with Gasteiger partial charge in [-0.15, -0.1) is 23.1 Å². The average molecular weight is 716 g/mol. The molecule has 0 bridgehead atoms. The van der Waals surface area contributed by atoms with Gasteiger partial charge in [-0.25, -0.2) is 4.39 Å². The van der Waals surface area contributed by atoms with Crippen molar-refractivity contribution in [3.63, 3.8) is 0 Å². The first-order valence-corrected chi connectivity index (χ1v) is 18.0. The van der Waals surface area contributed by atoms with Crippen LogP contribution in [-0.4, -0.2) is 34.4 Å². The van der Waals surface area contributed by atoms with Crippen LogP contribution in [0.3, 0.4) is 0 Å². The second-order valence-corrected chi connectivity index (χ2v) is 14.4. The SMILES string of the molecule is CC(Sc1cccc(NC(=O)/C(=C/c2ccc(F)cc2)NC(=O)c2ccccc2)c1)C(=O)Nc1sc2c(c1C#N)CCN(Cc1ccccc1)C2. The Balaban J connectivity index is 1.11. The van der Waals surface area contributed by atoms with E-state index in [0.29, 0.717) is 27.4 Å². The van der Waals surface area contributed by atoms with Gasteiger partial charge in [0, 0.05) is 40.7 Å². The standard InChI is InChI=1S/C40H34FN5O3S2/c1-26(37(47)45-40-34(23-42)33-19-20-46(25-36(33)51-40)24-28-9-4-2-5-10-28)50-32-14-8-13-31(22-32)43-39(49)35(21-27-15-17-30(41)18-16-27)44-38(48)29-11-6-3-7-12-29/h2-18,21-22,26H,19-20,24-25H2,1H3,(H,43,49)(H,44,48)(H,45,47)/b35-21-. The van der Waals surface area contributed by atoms with E-state index in [4.69, 9.17) is 0 Å². The summed E-state index contributed by atoms with van der Waals surface area (Å²) in [7, 11) is 0. The number of fused-ring (bicyclic) bond motifs is 1. The molecule has 0 saturated carbocycles. The Morgan fingerprint density at radius 2 is 1.69 bits per heavy atom. The summed E-state index contributed by atoms with van der Waals surface area (Å²) in [5, 5.41) is 18.6. The maximum Gasteiger partial charge on any atom is 0.272 e. The average Bonchev–Trinajstić information content (AvgIpc) is 3.49. The first-order valence-electron chi connectivity index (χ1n) is 16.3. The third-order valence-electron chi connectivity index (χ3n) is 8.22. The second-order valence-electron chi connectivity index (χ2n) is 11.9. The van der Waals surface area contributed by atoms with Crippen LogP contribution >= 0.6 is 23.1 Å². The van der Waals surface area contributed by atoms with Crippen molar-refractivity contribution in [3.05, 3.63) is 153 Å². The fourth-order valence-electron chi connectivity index (χ4n) is 5.62. The van der Waals surface area contributed by atoms with Crippen molar-refractivity contribution < 1.29 is 18.8 Å². The molecule has 2 heterocycles. The van der Waals surface area contributed by atoms with Crippen molar-refractivity contribution in [1.29, 1.82) is 5.26 Å². The lowest BCUT2D eigenvalue weighted by atomic mass is 10.0. The van der Waals surface area contributed by atoms with E-state index in [1.54, 1.807) is 55.5 Å². The number of anilines is 2. The minimum absolute atomic E-state index is 0.0311. The highest BCUT2D eigenvalue weighted by Crippen LogP contribution is 2.38. The summed E-state index contributed by atoms with van der Waals surface area (Å²) in [6, 6.07) is 33.7. The van der Waals surface area contributed by atoms with Gasteiger partial charge >= 0.3 is 0 Å². The molecule has 0 radical (unpaired) electrons. The Hall–Kier alpha value is -5.54. The molecular weight excluding hydrogens is 682 g/mol. The van der Waals surface area contributed by atoms with Crippen molar-refractivity contribution in [1.82, 2.24) is 10.2 Å². The molecule has 1 aliphatic heterocycles. The first-order chi connectivity index (χ1) is 24.7. The van der Waals surface area contributed by atoms with Gasteiger partial charge in [0.25, 0.3) is 11.8 Å². The van der Waals surface area contributed by atoms with E-state index in [0.717, 1.165) is 41.4 Å². The lowest BCUT2D eigenvalue weighted by molar-refractivity contribution is -0.115. The Morgan fingerprint density at radius 1 is 0.961 bits per heavy atom. The van der Waals surface area contributed by atoms with Gasteiger partial charge in [0.2, 0.25) is 5.91 Å². The monoisotopic (exact) mass is 715 g/mol. The molecule has 6 rings (SSSR count). The maximum atomic E-state index is 13.5. The quantitative estimate of drug-likeness (QED) is 0.0949. The molecule has 1 aliphatic rings. The molecule has 5 aromatic rings. The number of thioether (sulfide) groups is 1. The number of nitrogens with zero attached hydrogens (tertiary/aromatic N) is 2. The smallest absolute Gasteiger partial charge is 0.272 e. The van der Waals surface area contributed by atoms with Gasteiger partial charge in [0.1, 0.15) is 22.6 Å². The number of carbonyl (C=O) groups is 3. The fraction of sp³-hybridized carbons (Fsp3) is 0.150. The van der Waals surface area contributed by atoms with Crippen LogP contribution in [0.5, 0.6) is 0 Å². The normalized spacial score (nSPS) is 13.4. The summed E-state index contributed by atoms with van der Waals surface area (Å²) in [6.45, 7) is 4.17. The molecule has 3 amide bonds. The van der Waals surface area contributed by atoms with Crippen LogP contribution in [0.1, 0.15) is 44.4 Å². The van der Waals surface area contributed by atoms with Gasteiger partial charge in [-0.1, -0.05) is 66.7 Å². The summed E-state index contributed by atoms with van der Waals surface area (Å²) in [6.07, 6.45) is 2.22. The van der Waals surface area contributed by atoms with Crippen LogP contribution in [0.4, 0.5) is 15.1 Å². The van der Waals surface area contributed by atoms with E-state index >= 15 is 0 Å². The van der Waals surface area contributed by atoms with Crippen molar-refractivity contribution in [2.24, 2.45) is 0 Å². The van der Waals surface area contributed by atoms with Crippen LogP contribution in [0.25, 0.3) is 6.08 Å². The van der Waals surface area contributed by atoms with Crippen LogP contribution < -0.4 is 16.0 Å². The Bertz CT molecular complexity index is 2110. The van der Waals surface area contributed by atoms with Crippen molar-refractivity contribution in [2.45, 2.75) is 36.6 Å². The molecule has 256 valence electrons.